The Hall–Kier alpha value is -1.80. The standard InChI is InChI=1S/C16H19NO/c17-15(13-14-7-3-1-4-8-14)11-12-18-16-9-5-2-6-10-16/h1-10,15H,11-13,17H2. The minimum Gasteiger partial charge on any atom is -0.494 e. The summed E-state index contributed by atoms with van der Waals surface area (Å²) in [6, 6.07) is 20.3. The van der Waals surface area contributed by atoms with Crippen molar-refractivity contribution in [2.75, 3.05) is 6.61 Å². The highest BCUT2D eigenvalue weighted by atomic mass is 16.5. The van der Waals surface area contributed by atoms with Gasteiger partial charge in [0.15, 0.2) is 0 Å². The zero-order chi connectivity index (χ0) is 12.6. The van der Waals surface area contributed by atoms with Crippen molar-refractivity contribution in [2.24, 2.45) is 5.73 Å². The van der Waals surface area contributed by atoms with Gasteiger partial charge in [0, 0.05) is 6.04 Å². The maximum absolute atomic E-state index is 6.09. The van der Waals surface area contributed by atoms with Crippen LogP contribution in [0, 0.1) is 0 Å². The molecular formula is C16H19NO. The third-order valence-corrected chi connectivity index (χ3v) is 2.84. The lowest BCUT2D eigenvalue weighted by atomic mass is 10.0. The Labute approximate surface area is 108 Å². The lowest BCUT2D eigenvalue weighted by molar-refractivity contribution is 0.297. The third kappa shape index (κ3) is 4.22. The first-order chi connectivity index (χ1) is 8.84. The lowest BCUT2D eigenvalue weighted by Gasteiger charge is -2.12. The van der Waals surface area contributed by atoms with Gasteiger partial charge < -0.3 is 10.5 Å². The summed E-state index contributed by atoms with van der Waals surface area (Å²) in [5, 5.41) is 0. The van der Waals surface area contributed by atoms with E-state index in [4.69, 9.17) is 10.5 Å². The molecule has 2 aromatic carbocycles. The third-order valence-electron chi connectivity index (χ3n) is 2.84. The molecule has 0 aliphatic heterocycles. The fraction of sp³-hybridized carbons (Fsp3) is 0.250. The van der Waals surface area contributed by atoms with Crippen LogP contribution < -0.4 is 10.5 Å². The van der Waals surface area contributed by atoms with Gasteiger partial charge in [0.25, 0.3) is 0 Å². The molecule has 0 aliphatic rings. The van der Waals surface area contributed by atoms with Gasteiger partial charge in [-0.3, -0.25) is 0 Å². The molecule has 18 heavy (non-hydrogen) atoms. The molecule has 0 radical (unpaired) electrons. The predicted molar refractivity (Wildman–Crippen MR) is 74.7 cm³/mol. The molecule has 1 unspecified atom stereocenters. The number of hydrogen-bond acceptors (Lipinski definition) is 2. The van der Waals surface area contributed by atoms with Crippen molar-refractivity contribution >= 4 is 0 Å². The van der Waals surface area contributed by atoms with E-state index >= 15 is 0 Å². The highest BCUT2D eigenvalue weighted by Gasteiger charge is 2.04. The zero-order valence-corrected chi connectivity index (χ0v) is 10.5. The Morgan fingerprint density at radius 1 is 0.889 bits per heavy atom. The van der Waals surface area contributed by atoms with Crippen molar-refractivity contribution in [3.05, 3.63) is 66.2 Å². The van der Waals surface area contributed by atoms with Gasteiger partial charge in [0.2, 0.25) is 0 Å². The van der Waals surface area contributed by atoms with E-state index in [1.807, 2.05) is 48.5 Å². The van der Waals surface area contributed by atoms with Crippen LogP contribution in [-0.4, -0.2) is 12.6 Å². The first-order valence-corrected chi connectivity index (χ1v) is 6.32. The molecule has 0 aliphatic carbocycles. The van der Waals surface area contributed by atoms with Crippen LogP contribution in [0.5, 0.6) is 5.75 Å². The maximum atomic E-state index is 6.09. The summed E-state index contributed by atoms with van der Waals surface area (Å²) in [5.74, 6) is 0.907. The first-order valence-electron chi connectivity index (χ1n) is 6.32. The molecule has 0 spiro atoms. The largest absolute Gasteiger partial charge is 0.494 e. The number of nitrogens with two attached hydrogens (primary N) is 1. The smallest absolute Gasteiger partial charge is 0.119 e. The number of para-hydroxylation sites is 1. The van der Waals surface area contributed by atoms with Gasteiger partial charge in [0.05, 0.1) is 6.61 Å². The van der Waals surface area contributed by atoms with Crippen molar-refractivity contribution in [2.45, 2.75) is 18.9 Å². The molecule has 0 amide bonds. The summed E-state index contributed by atoms with van der Waals surface area (Å²) in [6.07, 6.45) is 1.77. The minimum atomic E-state index is 0.149. The number of benzene rings is 2. The van der Waals surface area contributed by atoms with Crippen molar-refractivity contribution in [3.8, 4) is 5.75 Å². The van der Waals surface area contributed by atoms with Gasteiger partial charge in [-0.15, -0.1) is 0 Å². The normalized spacial score (nSPS) is 12.1. The molecule has 2 rings (SSSR count). The molecule has 0 heterocycles. The van der Waals surface area contributed by atoms with Gasteiger partial charge in [-0.05, 0) is 30.5 Å². The molecule has 0 bridgehead atoms. The van der Waals surface area contributed by atoms with Crippen LogP contribution in [0.1, 0.15) is 12.0 Å². The molecule has 0 saturated heterocycles. The van der Waals surface area contributed by atoms with E-state index in [1.165, 1.54) is 5.56 Å². The van der Waals surface area contributed by atoms with E-state index in [0.717, 1.165) is 18.6 Å². The van der Waals surface area contributed by atoms with E-state index in [0.29, 0.717) is 6.61 Å². The van der Waals surface area contributed by atoms with Crippen molar-refractivity contribution in [1.82, 2.24) is 0 Å². The molecule has 0 saturated carbocycles. The lowest BCUT2D eigenvalue weighted by Crippen LogP contribution is -2.25. The van der Waals surface area contributed by atoms with E-state index in [9.17, 15) is 0 Å². The van der Waals surface area contributed by atoms with E-state index in [2.05, 4.69) is 12.1 Å². The second kappa shape index (κ2) is 6.82. The molecule has 94 valence electrons. The minimum absolute atomic E-state index is 0.149. The Kier molecular flexibility index (Phi) is 4.79. The van der Waals surface area contributed by atoms with Crippen LogP contribution in [0.25, 0.3) is 0 Å². The quantitative estimate of drug-likeness (QED) is 0.843. The molecule has 2 aromatic rings. The Morgan fingerprint density at radius 3 is 2.17 bits per heavy atom. The Bertz CT molecular complexity index is 441. The van der Waals surface area contributed by atoms with Crippen LogP contribution >= 0.6 is 0 Å². The van der Waals surface area contributed by atoms with Gasteiger partial charge in [-0.2, -0.15) is 0 Å². The monoisotopic (exact) mass is 241 g/mol. The van der Waals surface area contributed by atoms with Crippen LogP contribution in [0.15, 0.2) is 60.7 Å². The number of ether oxygens (including phenoxy) is 1. The summed E-state index contributed by atoms with van der Waals surface area (Å²) >= 11 is 0. The highest BCUT2D eigenvalue weighted by molar-refractivity contribution is 5.21. The molecule has 0 fully saturated rings. The van der Waals surface area contributed by atoms with Crippen LogP contribution in [-0.2, 0) is 6.42 Å². The summed E-state index contributed by atoms with van der Waals surface area (Å²) in [5.41, 5.74) is 7.37. The van der Waals surface area contributed by atoms with Crippen LogP contribution in [0.3, 0.4) is 0 Å². The van der Waals surface area contributed by atoms with Gasteiger partial charge in [0.1, 0.15) is 5.75 Å². The summed E-state index contributed by atoms with van der Waals surface area (Å²) in [7, 11) is 0. The maximum Gasteiger partial charge on any atom is 0.119 e. The number of rotatable bonds is 6. The Morgan fingerprint density at radius 2 is 1.50 bits per heavy atom. The Balaban J connectivity index is 1.71. The second-order valence-corrected chi connectivity index (χ2v) is 4.40. The SMILES string of the molecule is NC(CCOc1ccccc1)Cc1ccccc1. The van der Waals surface area contributed by atoms with Crippen molar-refractivity contribution in [3.63, 3.8) is 0 Å². The molecule has 0 aromatic heterocycles. The summed E-state index contributed by atoms with van der Waals surface area (Å²) < 4.78 is 5.63. The topological polar surface area (TPSA) is 35.2 Å². The fourth-order valence-corrected chi connectivity index (χ4v) is 1.86. The molecular weight excluding hydrogens is 222 g/mol. The average Bonchev–Trinajstić information content (AvgIpc) is 2.41. The van der Waals surface area contributed by atoms with E-state index in [1.54, 1.807) is 0 Å². The van der Waals surface area contributed by atoms with Gasteiger partial charge in [-0.25, -0.2) is 0 Å². The first kappa shape index (κ1) is 12.7. The van der Waals surface area contributed by atoms with Gasteiger partial charge in [-0.1, -0.05) is 48.5 Å². The average molecular weight is 241 g/mol. The highest BCUT2D eigenvalue weighted by Crippen LogP contribution is 2.09. The zero-order valence-electron chi connectivity index (χ0n) is 10.5. The van der Waals surface area contributed by atoms with Crippen molar-refractivity contribution < 1.29 is 4.74 Å². The predicted octanol–water partition coefficient (Wildman–Crippen LogP) is 3.03. The van der Waals surface area contributed by atoms with E-state index in [-0.39, 0.29) is 6.04 Å². The van der Waals surface area contributed by atoms with Crippen LogP contribution in [0.2, 0.25) is 0 Å². The molecule has 2 nitrogen and oxygen atoms in total. The van der Waals surface area contributed by atoms with Crippen molar-refractivity contribution in [1.29, 1.82) is 0 Å². The fourth-order valence-electron chi connectivity index (χ4n) is 1.86. The number of hydrogen-bond donors (Lipinski definition) is 1. The van der Waals surface area contributed by atoms with Gasteiger partial charge >= 0.3 is 0 Å². The summed E-state index contributed by atoms with van der Waals surface area (Å²) in [6.45, 7) is 0.665. The molecule has 2 N–H and O–H groups in total. The second-order valence-electron chi connectivity index (χ2n) is 4.40. The summed E-state index contributed by atoms with van der Waals surface area (Å²) in [4.78, 5) is 0. The molecule has 1 atom stereocenters. The van der Waals surface area contributed by atoms with Crippen LogP contribution in [0.4, 0.5) is 0 Å². The molecule has 2 heteroatoms. The van der Waals surface area contributed by atoms with E-state index < -0.39 is 0 Å².